The Morgan fingerprint density at radius 3 is 2.41 bits per heavy atom. The van der Waals surface area contributed by atoms with Gasteiger partial charge < -0.3 is 4.90 Å². The van der Waals surface area contributed by atoms with Crippen molar-refractivity contribution in [2.75, 3.05) is 20.1 Å². The summed E-state index contributed by atoms with van der Waals surface area (Å²) in [6.07, 6.45) is 0.893. The fourth-order valence-corrected chi connectivity index (χ4v) is 5.49. The van der Waals surface area contributed by atoms with E-state index < -0.39 is 21.6 Å². The van der Waals surface area contributed by atoms with E-state index >= 15 is 0 Å². The van der Waals surface area contributed by atoms with E-state index in [4.69, 9.17) is 11.6 Å². The van der Waals surface area contributed by atoms with Gasteiger partial charge in [0.2, 0.25) is 15.9 Å². The molecule has 1 fully saturated rings. The highest BCUT2D eigenvalue weighted by molar-refractivity contribution is 7.88. The standard InChI is InChI=1S/C21H24ClFN2O3S/c1-24(14-16-6-3-2-4-7-16)21(26)17-10-12-25(13-11-17)29(27,28)15-18-19(22)8-5-9-20(18)23/h2-9,17H,10-15H2,1H3. The highest BCUT2D eigenvalue weighted by Crippen LogP contribution is 2.26. The molecule has 2 aromatic carbocycles. The number of halogens is 2. The molecule has 1 aliphatic rings. The SMILES string of the molecule is CN(Cc1ccccc1)C(=O)C1CCN(S(=O)(=O)Cc2c(F)cccc2Cl)CC1. The molecule has 1 aliphatic heterocycles. The van der Waals surface area contributed by atoms with Crippen molar-refractivity contribution in [2.24, 2.45) is 5.92 Å². The third kappa shape index (κ3) is 5.35. The molecule has 0 spiro atoms. The van der Waals surface area contributed by atoms with Crippen molar-refractivity contribution in [1.29, 1.82) is 0 Å². The molecule has 3 rings (SSSR count). The second-order valence-electron chi connectivity index (χ2n) is 7.31. The van der Waals surface area contributed by atoms with Gasteiger partial charge in [-0.05, 0) is 30.5 Å². The molecule has 0 atom stereocenters. The monoisotopic (exact) mass is 438 g/mol. The molecular formula is C21H24ClFN2O3S. The van der Waals surface area contributed by atoms with Crippen LogP contribution in [-0.4, -0.2) is 43.7 Å². The van der Waals surface area contributed by atoms with Crippen LogP contribution in [0.3, 0.4) is 0 Å². The van der Waals surface area contributed by atoms with Crippen LogP contribution in [0.1, 0.15) is 24.0 Å². The van der Waals surface area contributed by atoms with Gasteiger partial charge in [0, 0.05) is 43.2 Å². The molecule has 5 nitrogen and oxygen atoms in total. The summed E-state index contributed by atoms with van der Waals surface area (Å²) in [5.74, 6) is -1.31. The lowest BCUT2D eigenvalue weighted by atomic mass is 9.96. The van der Waals surface area contributed by atoms with Gasteiger partial charge in [0.1, 0.15) is 5.82 Å². The Morgan fingerprint density at radius 1 is 1.14 bits per heavy atom. The largest absolute Gasteiger partial charge is 0.341 e. The highest BCUT2D eigenvalue weighted by Gasteiger charge is 2.33. The first-order chi connectivity index (χ1) is 13.8. The van der Waals surface area contributed by atoms with Crippen molar-refractivity contribution < 1.29 is 17.6 Å². The number of benzene rings is 2. The van der Waals surface area contributed by atoms with E-state index in [0.29, 0.717) is 19.4 Å². The van der Waals surface area contributed by atoms with E-state index in [2.05, 4.69) is 0 Å². The summed E-state index contributed by atoms with van der Waals surface area (Å²) in [6.45, 7) is 0.998. The number of carbonyl (C=O) groups excluding carboxylic acids is 1. The number of hydrogen-bond acceptors (Lipinski definition) is 3. The molecule has 156 valence electrons. The third-order valence-corrected chi connectivity index (χ3v) is 7.38. The molecule has 0 unspecified atom stereocenters. The summed E-state index contributed by atoms with van der Waals surface area (Å²) in [4.78, 5) is 14.4. The average Bonchev–Trinajstić information content (AvgIpc) is 2.71. The minimum absolute atomic E-state index is 0.0167. The van der Waals surface area contributed by atoms with Crippen LogP contribution in [0.4, 0.5) is 4.39 Å². The van der Waals surface area contributed by atoms with Crippen molar-refractivity contribution in [1.82, 2.24) is 9.21 Å². The number of nitrogens with zero attached hydrogens (tertiary/aromatic N) is 2. The van der Waals surface area contributed by atoms with Gasteiger partial charge in [0.05, 0.1) is 5.75 Å². The summed E-state index contributed by atoms with van der Waals surface area (Å²) >= 11 is 5.97. The van der Waals surface area contributed by atoms with Gasteiger partial charge in [-0.25, -0.2) is 17.1 Å². The van der Waals surface area contributed by atoms with E-state index in [-0.39, 0.29) is 35.5 Å². The van der Waals surface area contributed by atoms with Crippen LogP contribution in [-0.2, 0) is 27.1 Å². The summed E-state index contributed by atoms with van der Waals surface area (Å²) in [5.41, 5.74) is 1.03. The maximum absolute atomic E-state index is 14.0. The van der Waals surface area contributed by atoms with Crippen molar-refractivity contribution in [3.8, 4) is 0 Å². The van der Waals surface area contributed by atoms with Crippen molar-refractivity contribution in [3.63, 3.8) is 0 Å². The van der Waals surface area contributed by atoms with Crippen molar-refractivity contribution in [3.05, 3.63) is 70.5 Å². The summed E-state index contributed by atoms with van der Waals surface area (Å²) in [6, 6.07) is 13.8. The molecule has 2 aromatic rings. The number of rotatable bonds is 6. The van der Waals surface area contributed by atoms with Crippen LogP contribution in [0.5, 0.6) is 0 Å². The van der Waals surface area contributed by atoms with Gasteiger partial charge in [0.25, 0.3) is 0 Å². The highest BCUT2D eigenvalue weighted by atomic mass is 35.5. The van der Waals surface area contributed by atoms with Crippen LogP contribution in [0.2, 0.25) is 5.02 Å². The number of amides is 1. The zero-order valence-corrected chi connectivity index (χ0v) is 17.8. The Labute approximate surface area is 176 Å². The molecule has 1 heterocycles. The lowest BCUT2D eigenvalue weighted by molar-refractivity contribution is -0.135. The van der Waals surface area contributed by atoms with Crippen molar-refractivity contribution >= 4 is 27.5 Å². The Bertz CT molecular complexity index is 941. The van der Waals surface area contributed by atoms with Crippen LogP contribution in [0, 0.1) is 11.7 Å². The number of hydrogen-bond donors (Lipinski definition) is 0. The van der Waals surface area contributed by atoms with Gasteiger partial charge >= 0.3 is 0 Å². The topological polar surface area (TPSA) is 57.7 Å². The zero-order valence-electron chi connectivity index (χ0n) is 16.2. The zero-order chi connectivity index (χ0) is 21.0. The first-order valence-electron chi connectivity index (χ1n) is 9.47. The molecule has 0 bridgehead atoms. The van der Waals surface area contributed by atoms with Crippen LogP contribution in [0.15, 0.2) is 48.5 Å². The molecule has 1 saturated heterocycles. The normalized spacial score (nSPS) is 16.0. The molecule has 0 aromatic heterocycles. The fourth-order valence-electron chi connectivity index (χ4n) is 3.57. The molecular weight excluding hydrogens is 415 g/mol. The molecule has 29 heavy (non-hydrogen) atoms. The molecule has 0 radical (unpaired) electrons. The minimum atomic E-state index is -3.72. The predicted octanol–water partition coefficient (Wildman–Crippen LogP) is 3.68. The molecule has 8 heteroatoms. The van der Waals surface area contributed by atoms with E-state index in [0.717, 1.165) is 5.56 Å². The van der Waals surface area contributed by atoms with Crippen LogP contribution in [0.25, 0.3) is 0 Å². The van der Waals surface area contributed by atoms with Gasteiger partial charge in [-0.1, -0.05) is 48.0 Å². The van der Waals surface area contributed by atoms with Gasteiger partial charge in [0.15, 0.2) is 0 Å². The molecule has 0 saturated carbocycles. The lowest BCUT2D eigenvalue weighted by Crippen LogP contribution is -2.43. The van der Waals surface area contributed by atoms with E-state index in [1.807, 2.05) is 30.3 Å². The van der Waals surface area contributed by atoms with E-state index in [1.54, 1.807) is 11.9 Å². The Balaban J connectivity index is 1.58. The predicted molar refractivity (Wildman–Crippen MR) is 111 cm³/mol. The van der Waals surface area contributed by atoms with E-state index in [9.17, 15) is 17.6 Å². The summed E-state index contributed by atoms with van der Waals surface area (Å²) in [7, 11) is -1.95. The Hall–Kier alpha value is -1.96. The lowest BCUT2D eigenvalue weighted by Gasteiger charge is -2.32. The van der Waals surface area contributed by atoms with Crippen LogP contribution < -0.4 is 0 Å². The number of carbonyl (C=O) groups is 1. The minimum Gasteiger partial charge on any atom is -0.341 e. The summed E-state index contributed by atoms with van der Waals surface area (Å²) < 4.78 is 40.7. The van der Waals surface area contributed by atoms with E-state index in [1.165, 1.54) is 22.5 Å². The fraction of sp³-hybridized carbons (Fsp3) is 0.381. The Kier molecular flexibility index (Phi) is 6.93. The Morgan fingerprint density at radius 2 is 1.79 bits per heavy atom. The van der Waals surface area contributed by atoms with Gasteiger partial charge in [-0.3, -0.25) is 4.79 Å². The maximum Gasteiger partial charge on any atom is 0.225 e. The first-order valence-corrected chi connectivity index (χ1v) is 11.5. The second-order valence-corrected chi connectivity index (χ2v) is 9.69. The number of sulfonamides is 1. The third-order valence-electron chi connectivity index (χ3n) is 5.22. The quantitative estimate of drug-likeness (QED) is 0.691. The molecule has 0 aliphatic carbocycles. The maximum atomic E-state index is 14.0. The average molecular weight is 439 g/mol. The van der Waals surface area contributed by atoms with Gasteiger partial charge in [-0.2, -0.15) is 0 Å². The summed E-state index contributed by atoms with van der Waals surface area (Å²) in [5, 5.41) is 0.0983. The van der Waals surface area contributed by atoms with Crippen molar-refractivity contribution in [2.45, 2.75) is 25.1 Å². The van der Waals surface area contributed by atoms with Gasteiger partial charge in [-0.15, -0.1) is 0 Å². The second kappa shape index (κ2) is 9.24. The van der Waals surface area contributed by atoms with Crippen LogP contribution >= 0.6 is 11.6 Å². The molecule has 1 amide bonds. The molecule has 0 N–H and O–H groups in total. The number of piperidine rings is 1. The smallest absolute Gasteiger partial charge is 0.225 e. The first kappa shape index (κ1) is 21.7.